The van der Waals surface area contributed by atoms with Crippen molar-refractivity contribution < 1.29 is 0 Å². The zero-order valence-corrected chi connectivity index (χ0v) is 16.3. The molecule has 0 aliphatic carbocycles. The fraction of sp³-hybridized carbons (Fsp3) is 0.300. The van der Waals surface area contributed by atoms with Gasteiger partial charge in [0.15, 0.2) is 11.6 Å². The first kappa shape index (κ1) is 18.2. The van der Waals surface area contributed by atoms with Crippen LogP contribution in [0.2, 0.25) is 0 Å². The molecule has 152 valence electrons. The van der Waals surface area contributed by atoms with E-state index in [2.05, 4.69) is 30.2 Å². The van der Waals surface area contributed by atoms with Crippen molar-refractivity contribution in [2.75, 3.05) is 18.0 Å². The van der Waals surface area contributed by atoms with Gasteiger partial charge in [0.2, 0.25) is 0 Å². The molecule has 10 nitrogen and oxygen atoms in total. The van der Waals surface area contributed by atoms with E-state index >= 15 is 0 Å². The summed E-state index contributed by atoms with van der Waals surface area (Å²) in [7, 11) is 0. The van der Waals surface area contributed by atoms with Crippen molar-refractivity contribution >= 4 is 5.82 Å². The third kappa shape index (κ3) is 3.71. The summed E-state index contributed by atoms with van der Waals surface area (Å²) in [5, 5.41) is 12.9. The van der Waals surface area contributed by atoms with Gasteiger partial charge >= 0.3 is 0 Å². The molecule has 4 aromatic heterocycles. The average Bonchev–Trinajstić information content (AvgIpc) is 3.51. The quantitative estimate of drug-likeness (QED) is 0.495. The van der Waals surface area contributed by atoms with Crippen LogP contribution in [0.3, 0.4) is 0 Å². The zero-order valence-electron chi connectivity index (χ0n) is 16.3. The van der Waals surface area contributed by atoms with E-state index in [0.29, 0.717) is 24.1 Å². The fourth-order valence-corrected chi connectivity index (χ4v) is 3.70. The SMILES string of the molecule is O=c1ccc(-n2cccn2)nn1CC1CCN(c2cncc(-n3cccn3)n2)CC1. The number of aromatic nitrogens is 8. The van der Waals surface area contributed by atoms with Gasteiger partial charge in [0, 0.05) is 50.5 Å². The van der Waals surface area contributed by atoms with Crippen LogP contribution in [0.25, 0.3) is 11.6 Å². The molecule has 0 unspecified atom stereocenters. The molecule has 1 fully saturated rings. The maximum absolute atomic E-state index is 12.3. The summed E-state index contributed by atoms with van der Waals surface area (Å²) in [4.78, 5) is 23.5. The molecule has 1 aliphatic rings. The molecule has 5 rings (SSSR count). The van der Waals surface area contributed by atoms with Gasteiger partial charge in [0.25, 0.3) is 5.56 Å². The van der Waals surface area contributed by atoms with Crippen LogP contribution in [0.5, 0.6) is 0 Å². The van der Waals surface area contributed by atoms with Crippen molar-refractivity contribution in [3.63, 3.8) is 0 Å². The third-order valence-corrected chi connectivity index (χ3v) is 5.31. The van der Waals surface area contributed by atoms with Crippen molar-refractivity contribution in [1.29, 1.82) is 0 Å². The fourth-order valence-electron chi connectivity index (χ4n) is 3.70. The van der Waals surface area contributed by atoms with E-state index < -0.39 is 0 Å². The van der Waals surface area contributed by atoms with Crippen molar-refractivity contribution in [2.45, 2.75) is 19.4 Å². The Balaban J connectivity index is 1.25. The Morgan fingerprint density at radius 1 is 0.900 bits per heavy atom. The predicted molar refractivity (Wildman–Crippen MR) is 110 cm³/mol. The highest BCUT2D eigenvalue weighted by Gasteiger charge is 2.22. The minimum absolute atomic E-state index is 0.0915. The number of piperidine rings is 1. The Morgan fingerprint density at radius 3 is 2.30 bits per heavy atom. The lowest BCUT2D eigenvalue weighted by Crippen LogP contribution is -2.37. The minimum atomic E-state index is -0.0915. The monoisotopic (exact) mass is 403 g/mol. The van der Waals surface area contributed by atoms with Crippen molar-refractivity contribution in [2.24, 2.45) is 5.92 Å². The molecule has 0 saturated carbocycles. The highest BCUT2D eigenvalue weighted by Crippen LogP contribution is 2.23. The predicted octanol–water partition coefficient (Wildman–Crippen LogP) is 1.32. The summed E-state index contributed by atoms with van der Waals surface area (Å²) >= 11 is 0. The van der Waals surface area contributed by atoms with Gasteiger partial charge in [-0.05, 0) is 37.0 Å². The third-order valence-electron chi connectivity index (χ3n) is 5.31. The van der Waals surface area contributed by atoms with Gasteiger partial charge in [-0.3, -0.25) is 9.78 Å². The normalized spacial score (nSPS) is 14.9. The summed E-state index contributed by atoms with van der Waals surface area (Å²) in [6.07, 6.45) is 12.5. The number of hydrogen-bond acceptors (Lipinski definition) is 7. The molecule has 0 aromatic carbocycles. The highest BCUT2D eigenvalue weighted by molar-refractivity contribution is 5.39. The van der Waals surface area contributed by atoms with Crippen LogP contribution in [0.4, 0.5) is 5.82 Å². The standard InChI is InChI=1S/C20H21N9O/c30-20-4-3-17(27-9-1-7-22-27)25-29(20)15-16-5-11-26(12-6-16)18-13-21-14-19(24-18)28-10-2-8-23-28/h1-4,7-10,13-14,16H,5-6,11-12,15H2. The molecule has 0 amide bonds. The smallest absolute Gasteiger partial charge is 0.266 e. The van der Waals surface area contributed by atoms with Gasteiger partial charge in [-0.25, -0.2) is 19.0 Å². The van der Waals surface area contributed by atoms with E-state index in [0.717, 1.165) is 31.7 Å². The number of rotatable bonds is 5. The molecule has 0 bridgehead atoms. The molecule has 10 heteroatoms. The molecular weight excluding hydrogens is 382 g/mol. The van der Waals surface area contributed by atoms with E-state index in [4.69, 9.17) is 0 Å². The van der Waals surface area contributed by atoms with Crippen molar-refractivity contribution in [1.82, 2.24) is 39.3 Å². The highest BCUT2D eigenvalue weighted by atomic mass is 16.1. The molecule has 0 N–H and O–H groups in total. The van der Waals surface area contributed by atoms with Crippen LogP contribution in [-0.2, 0) is 6.54 Å². The van der Waals surface area contributed by atoms with Gasteiger partial charge in [0.1, 0.15) is 5.82 Å². The van der Waals surface area contributed by atoms with Crippen LogP contribution in [0.15, 0.2) is 66.2 Å². The molecule has 0 spiro atoms. The molecule has 5 heterocycles. The van der Waals surface area contributed by atoms with Crippen molar-refractivity contribution in [3.05, 3.63) is 71.8 Å². The van der Waals surface area contributed by atoms with Gasteiger partial charge in [0.05, 0.1) is 12.4 Å². The summed E-state index contributed by atoms with van der Waals surface area (Å²) < 4.78 is 4.91. The van der Waals surface area contributed by atoms with Crippen LogP contribution in [0, 0.1) is 5.92 Å². The number of anilines is 1. The van der Waals surface area contributed by atoms with Gasteiger partial charge < -0.3 is 4.90 Å². The van der Waals surface area contributed by atoms with Crippen LogP contribution < -0.4 is 10.5 Å². The second kappa shape index (κ2) is 7.90. The van der Waals surface area contributed by atoms with E-state index in [-0.39, 0.29) is 5.56 Å². The molecule has 4 aromatic rings. The molecular formula is C20H21N9O. The first-order chi connectivity index (χ1) is 14.8. The van der Waals surface area contributed by atoms with E-state index in [9.17, 15) is 4.79 Å². The van der Waals surface area contributed by atoms with Crippen LogP contribution in [-0.4, -0.2) is 52.4 Å². The van der Waals surface area contributed by atoms with E-state index in [1.807, 2.05) is 24.5 Å². The van der Waals surface area contributed by atoms with Gasteiger partial charge in [-0.2, -0.15) is 10.2 Å². The summed E-state index contributed by atoms with van der Waals surface area (Å²) in [5.74, 6) is 2.56. The Labute approximate surface area is 172 Å². The molecule has 1 aliphatic heterocycles. The number of nitrogens with zero attached hydrogens (tertiary/aromatic N) is 9. The van der Waals surface area contributed by atoms with Gasteiger partial charge in [-0.15, -0.1) is 5.10 Å². The lowest BCUT2D eigenvalue weighted by Gasteiger charge is -2.32. The largest absolute Gasteiger partial charge is 0.355 e. The van der Waals surface area contributed by atoms with Crippen LogP contribution in [0.1, 0.15) is 12.8 Å². The summed E-state index contributed by atoms with van der Waals surface area (Å²) in [6.45, 7) is 2.31. The Hall–Kier alpha value is -3.82. The molecule has 0 radical (unpaired) electrons. The maximum atomic E-state index is 12.3. The topological polar surface area (TPSA) is 99.6 Å². The lowest BCUT2D eigenvalue weighted by atomic mass is 9.97. The maximum Gasteiger partial charge on any atom is 0.266 e. The molecule has 30 heavy (non-hydrogen) atoms. The number of hydrogen-bond donors (Lipinski definition) is 0. The first-order valence-corrected chi connectivity index (χ1v) is 9.91. The summed E-state index contributed by atoms with van der Waals surface area (Å²) in [6, 6.07) is 6.93. The first-order valence-electron chi connectivity index (χ1n) is 9.91. The van der Waals surface area contributed by atoms with Crippen LogP contribution >= 0.6 is 0 Å². The zero-order chi connectivity index (χ0) is 20.3. The van der Waals surface area contributed by atoms with Gasteiger partial charge in [-0.1, -0.05) is 0 Å². The molecule has 0 atom stereocenters. The summed E-state index contributed by atoms with van der Waals surface area (Å²) in [5.41, 5.74) is -0.0915. The van der Waals surface area contributed by atoms with E-state index in [1.165, 1.54) is 0 Å². The van der Waals surface area contributed by atoms with E-state index in [1.54, 1.807) is 51.0 Å². The average molecular weight is 403 g/mol. The second-order valence-corrected chi connectivity index (χ2v) is 7.28. The van der Waals surface area contributed by atoms with Crippen molar-refractivity contribution in [3.8, 4) is 11.6 Å². The lowest BCUT2D eigenvalue weighted by molar-refractivity contribution is 0.333. The minimum Gasteiger partial charge on any atom is -0.355 e. The Morgan fingerprint density at radius 2 is 1.60 bits per heavy atom. The Bertz CT molecular complexity index is 1160. The Kier molecular flexibility index (Phi) is 4.80. The second-order valence-electron chi connectivity index (χ2n) is 7.28. The molecule has 1 saturated heterocycles.